The summed E-state index contributed by atoms with van der Waals surface area (Å²) in [6.45, 7) is 5.48. The van der Waals surface area contributed by atoms with Gasteiger partial charge < -0.3 is 43.6 Å². The Balaban J connectivity index is 1.77. The van der Waals surface area contributed by atoms with Crippen LogP contribution >= 0.6 is 0 Å². The molecule has 1 aliphatic rings. The molecule has 0 unspecified atom stereocenters. The molecule has 1 heterocycles. The standard InChI is InChI=1S/C22H35N3O8/c1-26-3-5-28-7-9-30-11-13-32-19-15-17-18(22(24)25-21(17)23)16-20(19)33-14-12-31-10-8-29-6-4-27-2/h15-16H,3-14H2,1-2H3,(H3,23,24,25). The molecule has 0 saturated heterocycles. The average Bonchev–Trinajstić information content (AvgIpc) is 3.09. The number of benzene rings is 1. The highest BCUT2D eigenvalue weighted by molar-refractivity contribution is 6.21. The van der Waals surface area contributed by atoms with Crippen molar-refractivity contribution in [1.82, 2.24) is 0 Å². The molecule has 2 rings (SSSR count). The van der Waals surface area contributed by atoms with E-state index in [4.69, 9.17) is 49.0 Å². The highest BCUT2D eigenvalue weighted by Crippen LogP contribution is 2.33. The lowest BCUT2D eigenvalue weighted by Crippen LogP contribution is -2.15. The van der Waals surface area contributed by atoms with Gasteiger partial charge in [-0.15, -0.1) is 0 Å². The molecule has 0 aliphatic carbocycles. The van der Waals surface area contributed by atoms with Crippen molar-refractivity contribution in [2.24, 2.45) is 10.7 Å². The van der Waals surface area contributed by atoms with Crippen LogP contribution in [0.5, 0.6) is 11.5 Å². The topological polar surface area (TPSA) is 136 Å². The summed E-state index contributed by atoms with van der Waals surface area (Å²) in [5.74, 6) is 1.38. The molecular formula is C22H35N3O8. The van der Waals surface area contributed by atoms with Crippen LogP contribution in [0.1, 0.15) is 11.1 Å². The summed E-state index contributed by atoms with van der Waals surface area (Å²) in [6.07, 6.45) is 0. The van der Waals surface area contributed by atoms with Gasteiger partial charge in [0.15, 0.2) is 17.3 Å². The molecule has 0 spiro atoms. The van der Waals surface area contributed by atoms with E-state index in [1.54, 1.807) is 26.4 Å². The Kier molecular flexibility index (Phi) is 13.4. The third-order valence-electron chi connectivity index (χ3n) is 4.43. The predicted octanol–water partition coefficient (Wildman–Crippen LogP) is 0.848. The molecule has 11 nitrogen and oxygen atoms in total. The van der Waals surface area contributed by atoms with Gasteiger partial charge in [0.2, 0.25) is 0 Å². The lowest BCUT2D eigenvalue weighted by atomic mass is 10.1. The fourth-order valence-corrected chi connectivity index (χ4v) is 2.78. The Hall–Kier alpha value is -2.28. The molecule has 0 amide bonds. The second-order valence-corrected chi connectivity index (χ2v) is 6.82. The summed E-state index contributed by atoms with van der Waals surface area (Å²) < 4.78 is 43.2. The number of fused-ring (bicyclic) bond motifs is 1. The Labute approximate surface area is 194 Å². The molecule has 11 heteroatoms. The smallest absolute Gasteiger partial charge is 0.162 e. The number of amidine groups is 2. The highest BCUT2D eigenvalue weighted by Gasteiger charge is 2.22. The molecule has 33 heavy (non-hydrogen) atoms. The minimum atomic E-state index is 0.0974. The van der Waals surface area contributed by atoms with E-state index >= 15 is 0 Å². The van der Waals surface area contributed by atoms with Crippen molar-refractivity contribution >= 4 is 11.7 Å². The monoisotopic (exact) mass is 469 g/mol. The molecule has 0 atom stereocenters. The van der Waals surface area contributed by atoms with Gasteiger partial charge in [-0.25, -0.2) is 4.99 Å². The molecule has 0 radical (unpaired) electrons. The van der Waals surface area contributed by atoms with Gasteiger partial charge in [0.25, 0.3) is 0 Å². The Morgan fingerprint density at radius 2 is 1.03 bits per heavy atom. The zero-order chi connectivity index (χ0) is 23.7. The van der Waals surface area contributed by atoms with Crippen LogP contribution in [0.15, 0.2) is 17.1 Å². The molecule has 186 valence electrons. The first-order valence-electron chi connectivity index (χ1n) is 10.8. The number of rotatable bonds is 20. The third-order valence-corrected chi connectivity index (χ3v) is 4.43. The summed E-state index contributed by atoms with van der Waals surface area (Å²) >= 11 is 0. The highest BCUT2D eigenvalue weighted by atomic mass is 16.6. The first kappa shape index (κ1) is 27.0. The van der Waals surface area contributed by atoms with Crippen LogP contribution in [0.4, 0.5) is 0 Å². The number of nitrogens with zero attached hydrogens (tertiary/aromatic N) is 1. The van der Waals surface area contributed by atoms with E-state index in [0.717, 1.165) is 0 Å². The van der Waals surface area contributed by atoms with E-state index in [1.165, 1.54) is 0 Å². The number of aliphatic imine (C=N–C) groups is 1. The number of nitrogens with two attached hydrogens (primary N) is 1. The van der Waals surface area contributed by atoms with E-state index in [-0.39, 0.29) is 11.7 Å². The molecule has 0 bridgehead atoms. The number of ether oxygens (including phenoxy) is 8. The summed E-state index contributed by atoms with van der Waals surface area (Å²) in [5, 5.41) is 7.99. The third kappa shape index (κ3) is 10.0. The first-order valence-corrected chi connectivity index (χ1v) is 10.8. The molecule has 0 saturated carbocycles. The van der Waals surface area contributed by atoms with Crippen LogP contribution in [0.25, 0.3) is 0 Å². The second kappa shape index (κ2) is 16.4. The predicted molar refractivity (Wildman–Crippen MR) is 122 cm³/mol. The van der Waals surface area contributed by atoms with Crippen LogP contribution in [0.2, 0.25) is 0 Å². The van der Waals surface area contributed by atoms with Crippen molar-refractivity contribution in [3.63, 3.8) is 0 Å². The minimum Gasteiger partial charge on any atom is -0.487 e. The van der Waals surface area contributed by atoms with E-state index in [1.807, 2.05) is 0 Å². The van der Waals surface area contributed by atoms with Crippen molar-refractivity contribution in [1.29, 1.82) is 5.41 Å². The SMILES string of the molecule is COCCOCCOCCOc1cc2c(cc1OCCOCCOCCOC)C(N)=NC2=N. The second-order valence-electron chi connectivity index (χ2n) is 6.82. The Bertz CT molecular complexity index is 745. The van der Waals surface area contributed by atoms with Gasteiger partial charge in [-0.2, -0.15) is 0 Å². The van der Waals surface area contributed by atoms with Gasteiger partial charge in [0.05, 0.1) is 66.1 Å². The van der Waals surface area contributed by atoms with Crippen LogP contribution in [-0.2, 0) is 28.4 Å². The first-order chi connectivity index (χ1) is 16.2. The van der Waals surface area contributed by atoms with Crippen LogP contribution in [0, 0.1) is 5.41 Å². The molecule has 3 N–H and O–H groups in total. The van der Waals surface area contributed by atoms with Gasteiger partial charge >= 0.3 is 0 Å². The van der Waals surface area contributed by atoms with Crippen LogP contribution in [-0.4, -0.2) is 105 Å². The van der Waals surface area contributed by atoms with Gasteiger partial charge in [-0.1, -0.05) is 0 Å². The fourth-order valence-electron chi connectivity index (χ4n) is 2.78. The van der Waals surface area contributed by atoms with Gasteiger partial charge in [0.1, 0.15) is 19.0 Å². The van der Waals surface area contributed by atoms with E-state index in [2.05, 4.69) is 4.99 Å². The number of hydrogen-bond donors (Lipinski definition) is 2. The molecule has 1 aromatic rings. The fraction of sp³-hybridized carbons (Fsp3) is 0.636. The largest absolute Gasteiger partial charge is 0.487 e. The van der Waals surface area contributed by atoms with Crippen molar-refractivity contribution in [2.45, 2.75) is 0 Å². The van der Waals surface area contributed by atoms with Crippen molar-refractivity contribution in [3.8, 4) is 11.5 Å². The molecule has 1 aromatic carbocycles. The Morgan fingerprint density at radius 1 is 0.636 bits per heavy atom. The summed E-state index contributed by atoms with van der Waals surface area (Å²) in [7, 11) is 3.26. The number of nitrogens with one attached hydrogen (secondary N) is 1. The normalized spacial score (nSPS) is 12.7. The zero-order valence-corrected chi connectivity index (χ0v) is 19.4. The van der Waals surface area contributed by atoms with E-state index in [0.29, 0.717) is 102 Å². The summed E-state index contributed by atoms with van der Waals surface area (Å²) in [6, 6.07) is 3.46. The van der Waals surface area contributed by atoms with Crippen molar-refractivity contribution < 1.29 is 37.9 Å². The quantitative estimate of drug-likeness (QED) is 0.266. The van der Waals surface area contributed by atoms with Gasteiger partial charge in [0, 0.05) is 25.3 Å². The minimum absolute atomic E-state index is 0.0974. The lowest BCUT2D eigenvalue weighted by molar-refractivity contribution is 0.0159. The molecule has 0 aromatic heterocycles. The zero-order valence-electron chi connectivity index (χ0n) is 19.4. The molecule has 0 fully saturated rings. The lowest BCUT2D eigenvalue weighted by Gasteiger charge is -2.15. The maximum Gasteiger partial charge on any atom is 0.162 e. The average molecular weight is 470 g/mol. The summed E-state index contributed by atoms with van der Waals surface area (Å²) in [5.41, 5.74) is 7.18. The maximum absolute atomic E-state index is 7.99. The van der Waals surface area contributed by atoms with Crippen LogP contribution < -0.4 is 15.2 Å². The van der Waals surface area contributed by atoms with Crippen molar-refractivity contribution in [3.05, 3.63) is 23.3 Å². The van der Waals surface area contributed by atoms with E-state index in [9.17, 15) is 0 Å². The number of methoxy groups -OCH3 is 2. The molecular weight excluding hydrogens is 434 g/mol. The molecule has 1 aliphatic heterocycles. The number of hydrogen-bond acceptors (Lipinski definition) is 10. The van der Waals surface area contributed by atoms with Crippen molar-refractivity contribution in [2.75, 3.05) is 93.5 Å². The van der Waals surface area contributed by atoms with E-state index < -0.39 is 0 Å². The van der Waals surface area contributed by atoms with Gasteiger partial charge in [-0.05, 0) is 12.1 Å². The maximum atomic E-state index is 7.99. The Morgan fingerprint density at radius 3 is 1.48 bits per heavy atom. The van der Waals surface area contributed by atoms with Crippen LogP contribution in [0.3, 0.4) is 0 Å². The summed E-state index contributed by atoms with van der Waals surface area (Å²) in [4.78, 5) is 4.01. The van der Waals surface area contributed by atoms with Gasteiger partial charge in [-0.3, -0.25) is 5.41 Å².